The summed E-state index contributed by atoms with van der Waals surface area (Å²) in [4.78, 5) is 34.9. The second-order valence-corrected chi connectivity index (χ2v) is 5.83. The van der Waals surface area contributed by atoms with Crippen molar-refractivity contribution in [3.63, 3.8) is 0 Å². The summed E-state index contributed by atoms with van der Waals surface area (Å²) in [6, 6.07) is 3.63. The first-order valence-electron chi connectivity index (χ1n) is 6.66. The van der Waals surface area contributed by atoms with Crippen molar-refractivity contribution in [2.45, 2.75) is 13.8 Å². The third kappa shape index (κ3) is 2.29. The van der Waals surface area contributed by atoms with Gasteiger partial charge in [0.05, 0.1) is 5.69 Å². The van der Waals surface area contributed by atoms with Gasteiger partial charge in [0, 0.05) is 24.8 Å². The maximum Gasteiger partial charge on any atom is 0.270 e. The first-order valence-corrected chi connectivity index (χ1v) is 7.54. The minimum Gasteiger partial charge on any atom is -0.287 e. The third-order valence-electron chi connectivity index (χ3n) is 3.36. The topological polar surface area (TPSA) is 67.6 Å². The van der Waals surface area contributed by atoms with Crippen LogP contribution in [0.5, 0.6) is 0 Å². The minimum absolute atomic E-state index is 0.0263. The van der Waals surface area contributed by atoms with Gasteiger partial charge in [0.2, 0.25) is 0 Å². The van der Waals surface area contributed by atoms with Crippen molar-refractivity contribution in [3.05, 3.63) is 57.1 Å². The van der Waals surface area contributed by atoms with Gasteiger partial charge in [-0.2, -0.15) is 0 Å². The van der Waals surface area contributed by atoms with E-state index in [1.165, 1.54) is 26.8 Å². The van der Waals surface area contributed by atoms with Gasteiger partial charge >= 0.3 is 0 Å². The van der Waals surface area contributed by atoms with Crippen molar-refractivity contribution in [2.75, 3.05) is 11.9 Å². The molecule has 0 fully saturated rings. The molecule has 0 aliphatic carbocycles. The number of fused-ring (bicyclic) bond motifs is 1. The summed E-state index contributed by atoms with van der Waals surface area (Å²) in [5.74, 6) is -0.414. The molecule has 0 aromatic carbocycles. The third-order valence-corrected chi connectivity index (χ3v) is 4.39. The molecule has 3 rings (SSSR count). The molecule has 0 saturated carbocycles. The van der Waals surface area contributed by atoms with Gasteiger partial charge in [-0.25, -0.2) is 9.97 Å². The van der Waals surface area contributed by atoms with Crippen molar-refractivity contribution in [1.82, 2.24) is 14.4 Å². The van der Waals surface area contributed by atoms with Gasteiger partial charge in [-0.05, 0) is 25.5 Å². The molecule has 1 amide bonds. The van der Waals surface area contributed by atoms with Crippen LogP contribution in [-0.2, 0) is 0 Å². The molecule has 3 aromatic rings. The standard InChI is InChI=1S/C15H14N4O2S/c1-9-5-4-6-19-12(9)16-7-11(14(19)21)13(20)18(3)15-17-10(2)8-22-15/h4-8H,1-3H3. The van der Waals surface area contributed by atoms with E-state index in [0.717, 1.165) is 11.3 Å². The monoisotopic (exact) mass is 314 g/mol. The number of thiazole rings is 1. The summed E-state index contributed by atoms with van der Waals surface area (Å²) in [7, 11) is 1.60. The van der Waals surface area contributed by atoms with Crippen molar-refractivity contribution < 1.29 is 4.79 Å². The van der Waals surface area contributed by atoms with Gasteiger partial charge in [-0.15, -0.1) is 11.3 Å². The van der Waals surface area contributed by atoms with Gasteiger partial charge in [-0.3, -0.25) is 18.9 Å². The van der Waals surface area contributed by atoms with Gasteiger partial charge in [-0.1, -0.05) is 6.07 Å². The number of nitrogens with zero attached hydrogens (tertiary/aromatic N) is 4. The van der Waals surface area contributed by atoms with E-state index in [0.29, 0.717) is 10.8 Å². The summed E-state index contributed by atoms with van der Waals surface area (Å²) in [6.45, 7) is 3.72. The average molecular weight is 314 g/mol. The molecule has 0 atom stereocenters. The van der Waals surface area contributed by atoms with Crippen LogP contribution < -0.4 is 10.5 Å². The number of amides is 1. The summed E-state index contributed by atoms with van der Waals surface area (Å²) in [5.41, 5.74) is 1.92. The Morgan fingerprint density at radius 1 is 1.36 bits per heavy atom. The molecule has 112 valence electrons. The number of hydrogen-bond donors (Lipinski definition) is 0. The number of carbonyl (C=O) groups is 1. The quantitative estimate of drug-likeness (QED) is 0.726. The molecule has 0 spiro atoms. The van der Waals surface area contributed by atoms with E-state index in [1.807, 2.05) is 25.3 Å². The van der Waals surface area contributed by atoms with Crippen LogP contribution in [0.4, 0.5) is 5.13 Å². The smallest absolute Gasteiger partial charge is 0.270 e. The van der Waals surface area contributed by atoms with E-state index >= 15 is 0 Å². The Morgan fingerprint density at radius 3 is 2.82 bits per heavy atom. The Labute approximate surface area is 130 Å². The second-order valence-electron chi connectivity index (χ2n) is 5.00. The maximum atomic E-state index is 12.5. The second kappa shape index (κ2) is 5.34. The Hall–Kier alpha value is -2.54. The van der Waals surface area contributed by atoms with E-state index in [1.54, 1.807) is 19.3 Å². The number of pyridine rings is 1. The van der Waals surface area contributed by atoms with Crippen LogP contribution in [0.25, 0.3) is 5.65 Å². The summed E-state index contributed by atoms with van der Waals surface area (Å²) < 4.78 is 1.39. The number of hydrogen-bond acceptors (Lipinski definition) is 5. The number of aryl methyl sites for hydroxylation is 2. The molecule has 0 saturated heterocycles. The predicted molar refractivity (Wildman–Crippen MR) is 85.8 cm³/mol. The highest BCUT2D eigenvalue weighted by Crippen LogP contribution is 2.20. The number of aromatic nitrogens is 3. The first-order chi connectivity index (χ1) is 10.5. The highest BCUT2D eigenvalue weighted by Gasteiger charge is 2.20. The van der Waals surface area contributed by atoms with Gasteiger partial charge in [0.1, 0.15) is 11.2 Å². The molecule has 0 bridgehead atoms. The lowest BCUT2D eigenvalue weighted by Gasteiger charge is -2.13. The normalized spacial score (nSPS) is 10.9. The van der Waals surface area contributed by atoms with E-state index in [4.69, 9.17) is 0 Å². The molecule has 6 nitrogen and oxygen atoms in total. The molecule has 3 aromatic heterocycles. The van der Waals surface area contributed by atoms with Gasteiger partial charge < -0.3 is 0 Å². The zero-order valence-electron chi connectivity index (χ0n) is 12.4. The largest absolute Gasteiger partial charge is 0.287 e. The van der Waals surface area contributed by atoms with E-state index < -0.39 is 5.91 Å². The van der Waals surface area contributed by atoms with Crippen molar-refractivity contribution >= 4 is 28.0 Å². The predicted octanol–water partition coefficient (Wildman–Crippen LogP) is 2.04. The number of carbonyl (C=O) groups excluding carboxylic acids is 1. The Kier molecular flexibility index (Phi) is 3.50. The van der Waals surface area contributed by atoms with E-state index in [2.05, 4.69) is 9.97 Å². The first kappa shape index (κ1) is 14.4. The Morgan fingerprint density at radius 2 is 2.14 bits per heavy atom. The van der Waals surface area contributed by atoms with Crippen molar-refractivity contribution in [1.29, 1.82) is 0 Å². The van der Waals surface area contributed by atoms with Gasteiger partial charge in [0.25, 0.3) is 11.5 Å². The van der Waals surface area contributed by atoms with Crippen LogP contribution in [0, 0.1) is 13.8 Å². The van der Waals surface area contributed by atoms with Crippen LogP contribution in [-0.4, -0.2) is 27.3 Å². The molecule has 3 heterocycles. The Balaban J connectivity index is 2.08. The fraction of sp³-hybridized carbons (Fsp3) is 0.200. The molecule has 0 aliphatic heterocycles. The van der Waals surface area contributed by atoms with Crippen LogP contribution in [0.2, 0.25) is 0 Å². The zero-order valence-corrected chi connectivity index (χ0v) is 13.2. The summed E-state index contributed by atoms with van der Waals surface area (Å²) in [5, 5.41) is 2.41. The van der Waals surface area contributed by atoms with Crippen LogP contribution in [0.1, 0.15) is 21.6 Å². The summed E-state index contributed by atoms with van der Waals surface area (Å²) >= 11 is 1.36. The van der Waals surface area contributed by atoms with Crippen molar-refractivity contribution in [3.8, 4) is 0 Å². The molecule has 0 radical (unpaired) electrons. The SMILES string of the molecule is Cc1csc(N(C)C(=O)c2cnc3c(C)cccn3c2=O)n1. The lowest BCUT2D eigenvalue weighted by Crippen LogP contribution is -2.33. The van der Waals surface area contributed by atoms with Crippen LogP contribution in [0.3, 0.4) is 0 Å². The van der Waals surface area contributed by atoms with Crippen LogP contribution >= 0.6 is 11.3 Å². The molecule has 0 unspecified atom stereocenters. The molecule has 0 N–H and O–H groups in total. The minimum atomic E-state index is -0.414. The molecular weight excluding hydrogens is 300 g/mol. The highest BCUT2D eigenvalue weighted by atomic mass is 32.1. The molecule has 0 aliphatic rings. The maximum absolute atomic E-state index is 12.5. The molecular formula is C15H14N4O2S. The molecule has 22 heavy (non-hydrogen) atoms. The van der Waals surface area contributed by atoms with Crippen molar-refractivity contribution in [2.24, 2.45) is 0 Å². The van der Waals surface area contributed by atoms with Gasteiger partial charge in [0.15, 0.2) is 5.13 Å². The average Bonchev–Trinajstić information content (AvgIpc) is 2.94. The summed E-state index contributed by atoms with van der Waals surface area (Å²) in [6.07, 6.45) is 2.95. The fourth-order valence-electron chi connectivity index (χ4n) is 2.16. The van der Waals surface area contributed by atoms with E-state index in [9.17, 15) is 9.59 Å². The highest BCUT2D eigenvalue weighted by molar-refractivity contribution is 7.14. The lowest BCUT2D eigenvalue weighted by molar-refractivity contribution is 0.0991. The lowest BCUT2D eigenvalue weighted by atomic mass is 10.2. The zero-order chi connectivity index (χ0) is 15.9. The number of anilines is 1. The fourth-order valence-corrected chi connectivity index (χ4v) is 2.92. The van der Waals surface area contributed by atoms with E-state index in [-0.39, 0.29) is 11.1 Å². The van der Waals surface area contributed by atoms with Crippen LogP contribution in [0.15, 0.2) is 34.7 Å². The number of rotatable bonds is 2. The Bertz CT molecular complexity index is 929. The molecule has 7 heteroatoms.